The lowest BCUT2D eigenvalue weighted by Crippen LogP contribution is -2.58. The molecule has 0 unspecified atom stereocenters. The Balaban J connectivity index is 1.56. The van der Waals surface area contributed by atoms with Crippen LogP contribution in [0.2, 0.25) is 5.02 Å². The van der Waals surface area contributed by atoms with Crippen LogP contribution in [-0.2, 0) is 4.79 Å². The predicted molar refractivity (Wildman–Crippen MR) is 104 cm³/mol. The van der Waals surface area contributed by atoms with Gasteiger partial charge in [-0.05, 0) is 31.9 Å². The third-order valence-corrected chi connectivity index (χ3v) is 6.04. The SMILES string of the molecule is C[C@H](C(=O)NC1(C#N)CCCCC1)N1CCN(c2ccccc2Cl)CC1. The molecule has 5 nitrogen and oxygen atoms in total. The summed E-state index contributed by atoms with van der Waals surface area (Å²) in [6.45, 7) is 5.22. The lowest BCUT2D eigenvalue weighted by molar-refractivity contribution is -0.127. The minimum absolute atomic E-state index is 0.0281. The molecule has 1 N–H and O–H groups in total. The van der Waals surface area contributed by atoms with E-state index in [1.165, 1.54) is 0 Å². The van der Waals surface area contributed by atoms with Gasteiger partial charge in [0.05, 0.1) is 22.8 Å². The maximum atomic E-state index is 12.7. The lowest BCUT2D eigenvalue weighted by atomic mass is 9.82. The Hall–Kier alpha value is -1.77. The molecule has 140 valence electrons. The molecule has 6 heteroatoms. The molecule has 1 atom stereocenters. The molecular weight excluding hydrogens is 348 g/mol. The fraction of sp³-hybridized carbons (Fsp3) is 0.600. The average molecular weight is 375 g/mol. The summed E-state index contributed by atoms with van der Waals surface area (Å²) < 4.78 is 0. The monoisotopic (exact) mass is 374 g/mol. The van der Waals surface area contributed by atoms with E-state index in [4.69, 9.17) is 11.6 Å². The van der Waals surface area contributed by atoms with E-state index in [9.17, 15) is 10.1 Å². The van der Waals surface area contributed by atoms with E-state index in [0.29, 0.717) is 0 Å². The molecule has 0 bridgehead atoms. The Morgan fingerprint density at radius 1 is 1.19 bits per heavy atom. The highest BCUT2D eigenvalue weighted by atomic mass is 35.5. The zero-order chi connectivity index (χ0) is 18.6. The smallest absolute Gasteiger partial charge is 0.238 e. The molecule has 1 aromatic carbocycles. The number of carbonyl (C=O) groups excluding carboxylic acids is 1. The third kappa shape index (κ3) is 4.13. The summed E-state index contributed by atoms with van der Waals surface area (Å²) in [5.74, 6) is -0.0281. The summed E-state index contributed by atoms with van der Waals surface area (Å²) in [5, 5.41) is 13.4. The Labute approximate surface area is 160 Å². The Bertz CT molecular complexity index is 673. The van der Waals surface area contributed by atoms with Crippen LogP contribution in [0.4, 0.5) is 5.69 Å². The molecule has 0 aromatic heterocycles. The normalized spacial score (nSPS) is 21.7. The first-order valence-electron chi connectivity index (χ1n) is 9.51. The second kappa shape index (κ2) is 8.28. The van der Waals surface area contributed by atoms with E-state index in [-0.39, 0.29) is 11.9 Å². The van der Waals surface area contributed by atoms with Crippen molar-refractivity contribution >= 4 is 23.2 Å². The van der Waals surface area contributed by atoms with Gasteiger partial charge < -0.3 is 10.2 Å². The van der Waals surface area contributed by atoms with E-state index >= 15 is 0 Å². The maximum Gasteiger partial charge on any atom is 0.238 e. The molecule has 1 aliphatic heterocycles. The number of para-hydroxylation sites is 1. The van der Waals surface area contributed by atoms with Crippen molar-refractivity contribution in [2.45, 2.75) is 50.6 Å². The molecule has 2 aliphatic rings. The molecule has 1 saturated carbocycles. The molecule has 1 aromatic rings. The molecule has 26 heavy (non-hydrogen) atoms. The quantitative estimate of drug-likeness (QED) is 0.879. The first-order valence-corrected chi connectivity index (χ1v) is 9.89. The number of nitrogens with one attached hydrogen (secondary N) is 1. The van der Waals surface area contributed by atoms with Gasteiger partial charge in [-0.1, -0.05) is 43.0 Å². The fourth-order valence-corrected chi connectivity index (χ4v) is 4.24. The summed E-state index contributed by atoms with van der Waals surface area (Å²) in [7, 11) is 0. The zero-order valence-electron chi connectivity index (χ0n) is 15.4. The summed E-state index contributed by atoms with van der Waals surface area (Å²) in [6.07, 6.45) is 4.71. The summed E-state index contributed by atoms with van der Waals surface area (Å²) >= 11 is 6.30. The standard InChI is InChI=1S/C20H27ClN4O/c1-16(19(26)23-20(15-22)9-5-2-6-10-20)24-11-13-25(14-12-24)18-8-4-3-7-17(18)21/h3-4,7-8,16H,2,5-6,9-14H2,1H3,(H,23,26)/t16-/m1/s1. The Morgan fingerprint density at radius 2 is 1.85 bits per heavy atom. The Kier molecular flexibility index (Phi) is 6.05. The van der Waals surface area contributed by atoms with Crippen LogP contribution in [0.15, 0.2) is 24.3 Å². The second-order valence-electron chi connectivity index (χ2n) is 7.39. The van der Waals surface area contributed by atoms with Crippen LogP contribution in [0.25, 0.3) is 0 Å². The number of rotatable bonds is 4. The van der Waals surface area contributed by atoms with Gasteiger partial charge >= 0.3 is 0 Å². The van der Waals surface area contributed by atoms with Crippen molar-refractivity contribution in [3.63, 3.8) is 0 Å². The minimum Gasteiger partial charge on any atom is -0.368 e. The van der Waals surface area contributed by atoms with E-state index in [2.05, 4.69) is 21.2 Å². The van der Waals surface area contributed by atoms with Crippen molar-refractivity contribution in [3.8, 4) is 6.07 Å². The van der Waals surface area contributed by atoms with Gasteiger partial charge in [-0.3, -0.25) is 9.69 Å². The number of hydrogen-bond acceptors (Lipinski definition) is 4. The molecule has 1 heterocycles. The summed E-state index contributed by atoms with van der Waals surface area (Å²) in [6, 6.07) is 10.0. The van der Waals surface area contributed by atoms with Crippen LogP contribution >= 0.6 is 11.6 Å². The van der Waals surface area contributed by atoms with Crippen molar-refractivity contribution < 1.29 is 4.79 Å². The van der Waals surface area contributed by atoms with Gasteiger partial charge in [0.15, 0.2) is 0 Å². The zero-order valence-corrected chi connectivity index (χ0v) is 16.1. The van der Waals surface area contributed by atoms with Crippen LogP contribution in [0, 0.1) is 11.3 Å². The highest BCUT2D eigenvalue weighted by Crippen LogP contribution is 2.28. The number of nitrogens with zero attached hydrogens (tertiary/aromatic N) is 3. The number of halogens is 1. The highest BCUT2D eigenvalue weighted by molar-refractivity contribution is 6.33. The second-order valence-corrected chi connectivity index (χ2v) is 7.80. The highest BCUT2D eigenvalue weighted by Gasteiger charge is 2.36. The number of amides is 1. The van der Waals surface area contributed by atoms with Crippen LogP contribution < -0.4 is 10.2 Å². The number of nitriles is 1. The van der Waals surface area contributed by atoms with E-state index < -0.39 is 5.54 Å². The number of benzene rings is 1. The summed E-state index contributed by atoms with van der Waals surface area (Å²) in [4.78, 5) is 17.2. The number of piperazine rings is 1. The number of carbonyl (C=O) groups is 1. The van der Waals surface area contributed by atoms with Gasteiger partial charge in [0, 0.05) is 26.2 Å². The van der Waals surface area contributed by atoms with E-state index in [1.54, 1.807) is 0 Å². The topological polar surface area (TPSA) is 59.4 Å². The third-order valence-electron chi connectivity index (χ3n) is 5.72. The van der Waals surface area contributed by atoms with Gasteiger partial charge in [0.2, 0.25) is 5.91 Å². The van der Waals surface area contributed by atoms with Crippen molar-refractivity contribution in [2.24, 2.45) is 0 Å². The van der Waals surface area contributed by atoms with Crippen LogP contribution in [0.3, 0.4) is 0 Å². The number of anilines is 1. The van der Waals surface area contributed by atoms with Crippen molar-refractivity contribution in [3.05, 3.63) is 29.3 Å². The summed E-state index contributed by atoms with van der Waals surface area (Å²) in [5.41, 5.74) is 0.389. The molecule has 2 fully saturated rings. The average Bonchev–Trinajstić information content (AvgIpc) is 2.68. The van der Waals surface area contributed by atoms with Crippen molar-refractivity contribution in [2.75, 3.05) is 31.1 Å². The van der Waals surface area contributed by atoms with Crippen LogP contribution in [0.5, 0.6) is 0 Å². The predicted octanol–water partition coefficient (Wildman–Crippen LogP) is 3.19. The molecule has 0 spiro atoms. The largest absolute Gasteiger partial charge is 0.368 e. The fourth-order valence-electron chi connectivity index (χ4n) is 3.98. The van der Waals surface area contributed by atoms with Gasteiger partial charge in [-0.25, -0.2) is 0 Å². The van der Waals surface area contributed by atoms with E-state index in [1.807, 2.05) is 31.2 Å². The van der Waals surface area contributed by atoms with Gasteiger partial charge in [0.1, 0.15) is 5.54 Å². The van der Waals surface area contributed by atoms with Gasteiger partial charge in [0.25, 0.3) is 0 Å². The molecule has 1 saturated heterocycles. The first-order chi connectivity index (χ1) is 12.5. The molecule has 1 aliphatic carbocycles. The van der Waals surface area contributed by atoms with E-state index in [0.717, 1.165) is 69.0 Å². The first kappa shape index (κ1) is 19.0. The molecule has 1 amide bonds. The van der Waals surface area contributed by atoms with Crippen LogP contribution in [0.1, 0.15) is 39.0 Å². The molecular formula is C20H27ClN4O. The minimum atomic E-state index is -0.664. The maximum absolute atomic E-state index is 12.7. The number of hydrogen-bond donors (Lipinski definition) is 1. The lowest BCUT2D eigenvalue weighted by Gasteiger charge is -2.40. The molecule has 3 rings (SSSR count). The molecule has 0 radical (unpaired) electrons. The van der Waals surface area contributed by atoms with Crippen molar-refractivity contribution in [1.82, 2.24) is 10.2 Å². The Morgan fingerprint density at radius 3 is 2.46 bits per heavy atom. The van der Waals surface area contributed by atoms with Crippen molar-refractivity contribution in [1.29, 1.82) is 5.26 Å². The van der Waals surface area contributed by atoms with Gasteiger partial charge in [-0.2, -0.15) is 5.26 Å². The van der Waals surface area contributed by atoms with Gasteiger partial charge in [-0.15, -0.1) is 0 Å². The van der Waals surface area contributed by atoms with Crippen LogP contribution in [-0.4, -0.2) is 48.6 Å².